The van der Waals surface area contributed by atoms with Gasteiger partial charge in [0.2, 0.25) is 17.7 Å². The standard InChI is InChI=1S/C18H33N7O7/c1-8(2)13(17(31)32)25-16(30)11(7-12(26)27)24-14(28)9(3)23-15(29)10(19)5-4-6-22-18(20)21/h8-11,13H,4-7,19H2,1-3H3,(H,23,29)(H,24,28)(H,25,30)(H,26,27)(H,31,32)(H4,20,21,22). The molecule has 0 aliphatic heterocycles. The van der Waals surface area contributed by atoms with E-state index in [0.717, 1.165) is 0 Å². The van der Waals surface area contributed by atoms with Crippen molar-refractivity contribution in [3.63, 3.8) is 0 Å². The number of carbonyl (C=O) groups is 5. The molecule has 0 spiro atoms. The topological polar surface area (TPSA) is 252 Å². The normalized spacial score (nSPS) is 14.4. The molecular formula is C18H33N7O7. The second-order valence-corrected chi connectivity index (χ2v) is 7.51. The Balaban J connectivity index is 4.97. The van der Waals surface area contributed by atoms with E-state index in [9.17, 15) is 29.1 Å². The van der Waals surface area contributed by atoms with E-state index in [4.69, 9.17) is 22.3 Å². The summed E-state index contributed by atoms with van der Waals surface area (Å²) in [6.07, 6.45) is -0.117. The Bertz CT molecular complexity index is 722. The molecule has 0 rings (SSSR count). The van der Waals surface area contributed by atoms with Crippen LogP contribution in [0.1, 0.15) is 40.0 Å². The van der Waals surface area contributed by atoms with Gasteiger partial charge in [0.1, 0.15) is 18.1 Å². The first-order valence-corrected chi connectivity index (χ1v) is 9.92. The predicted octanol–water partition coefficient (Wildman–Crippen LogP) is -2.94. The van der Waals surface area contributed by atoms with Gasteiger partial charge in [-0.25, -0.2) is 4.79 Å². The fraction of sp³-hybridized carbons (Fsp3) is 0.667. The van der Waals surface area contributed by atoms with Gasteiger partial charge in [-0.1, -0.05) is 13.8 Å². The van der Waals surface area contributed by atoms with E-state index in [1.54, 1.807) is 13.8 Å². The maximum absolute atomic E-state index is 12.4. The number of amides is 3. The molecule has 0 aromatic carbocycles. The van der Waals surface area contributed by atoms with Gasteiger partial charge in [-0.05, 0) is 25.7 Å². The molecule has 0 saturated heterocycles. The van der Waals surface area contributed by atoms with Gasteiger partial charge in [0.25, 0.3) is 0 Å². The lowest BCUT2D eigenvalue weighted by Gasteiger charge is -2.24. The van der Waals surface area contributed by atoms with Crippen molar-refractivity contribution in [3.05, 3.63) is 0 Å². The Morgan fingerprint density at radius 1 is 0.906 bits per heavy atom. The largest absolute Gasteiger partial charge is 0.481 e. The van der Waals surface area contributed by atoms with E-state index in [0.29, 0.717) is 6.42 Å². The van der Waals surface area contributed by atoms with Crippen LogP contribution >= 0.6 is 0 Å². The van der Waals surface area contributed by atoms with Crippen molar-refractivity contribution in [2.75, 3.05) is 6.54 Å². The van der Waals surface area contributed by atoms with E-state index < -0.39 is 66.2 Å². The van der Waals surface area contributed by atoms with Gasteiger partial charge in [-0.2, -0.15) is 0 Å². The lowest BCUT2D eigenvalue weighted by Crippen LogP contribution is -2.57. The van der Waals surface area contributed by atoms with Gasteiger partial charge in [0.15, 0.2) is 5.96 Å². The van der Waals surface area contributed by atoms with Crippen LogP contribution in [0.15, 0.2) is 4.99 Å². The highest BCUT2D eigenvalue weighted by molar-refractivity contribution is 5.95. The molecule has 0 aliphatic carbocycles. The molecule has 4 unspecified atom stereocenters. The first kappa shape index (κ1) is 28.6. The molecule has 0 radical (unpaired) electrons. The Kier molecular flexibility index (Phi) is 12.3. The summed E-state index contributed by atoms with van der Waals surface area (Å²) in [5.41, 5.74) is 16.1. The minimum atomic E-state index is -1.55. The zero-order chi connectivity index (χ0) is 25.0. The summed E-state index contributed by atoms with van der Waals surface area (Å²) >= 11 is 0. The number of carboxylic acids is 2. The Hall–Kier alpha value is -3.42. The van der Waals surface area contributed by atoms with Gasteiger partial charge in [-0.3, -0.25) is 24.2 Å². The molecule has 0 aromatic rings. The zero-order valence-electron chi connectivity index (χ0n) is 18.3. The number of hydrogen-bond donors (Lipinski definition) is 8. The second kappa shape index (κ2) is 13.8. The number of hydrogen-bond acceptors (Lipinski definition) is 7. The molecule has 14 heteroatoms. The number of nitrogens with zero attached hydrogens (tertiary/aromatic N) is 1. The molecule has 32 heavy (non-hydrogen) atoms. The summed E-state index contributed by atoms with van der Waals surface area (Å²) in [4.78, 5) is 63.0. The number of rotatable bonds is 14. The first-order chi connectivity index (χ1) is 14.8. The van der Waals surface area contributed by atoms with Crippen LogP contribution in [0.4, 0.5) is 0 Å². The first-order valence-electron chi connectivity index (χ1n) is 9.92. The molecule has 0 heterocycles. The van der Waals surface area contributed by atoms with Gasteiger partial charge in [0.05, 0.1) is 12.5 Å². The van der Waals surface area contributed by atoms with E-state index >= 15 is 0 Å². The Morgan fingerprint density at radius 3 is 1.97 bits per heavy atom. The lowest BCUT2D eigenvalue weighted by molar-refractivity contribution is -0.144. The van der Waals surface area contributed by atoms with Crippen LogP contribution in [-0.2, 0) is 24.0 Å². The average molecular weight is 460 g/mol. The third-order valence-corrected chi connectivity index (χ3v) is 4.30. The summed E-state index contributed by atoms with van der Waals surface area (Å²) in [5.74, 6) is -5.71. The SMILES string of the molecule is CC(NC(=O)C(N)CCCN=C(N)N)C(=O)NC(CC(=O)O)C(=O)NC(C(=O)O)C(C)C. The van der Waals surface area contributed by atoms with Crippen LogP contribution in [0.3, 0.4) is 0 Å². The van der Waals surface area contributed by atoms with Gasteiger partial charge < -0.3 is 43.4 Å². The molecule has 4 atom stereocenters. The Morgan fingerprint density at radius 2 is 1.50 bits per heavy atom. The van der Waals surface area contributed by atoms with Crippen molar-refractivity contribution in [2.24, 2.45) is 28.1 Å². The molecule has 0 aromatic heterocycles. The van der Waals surface area contributed by atoms with Crippen molar-refractivity contribution in [2.45, 2.75) is 64.2 Å². The van der Waals surface area contributed by atoms with Crippen LogP contribution < -0.4 is 33.2 Å². The molecule has 0 aliphatic rings. The number of guanidine groups is 1. The number of aliphatic imine (C=N–C) groups is 1. The van der Waals surface area contributed by atoms with E-state index in [2.05, 4.69) is 20.9 Å². The fourth-order valence-corrected chi connectivity index (χ4v) is 2.48. The Labute approximate surface area is 185 Å². The minimum absolute atomic E-state index is 0.0867. The van der Waals surface area contributed by atoms with Crippen LogP contribution in [0.25, 0.3) is 0 Å². The van der Waals surface area contributed by atoms with Gasteiger partial charge >= 0.3 is 11.9 Å². The minimum Gasteiger partial charge on any atom is -0.481 e. The predicted molar refractivity (Wildman–Crippen MR) is 114 cm³/mol. The van der Waals surface area contributed by atoms with E-state index in [-0.39, 0.29) is 18.9 Å². The summed E-state index contributed by atoms with van der Waals surface area (Å²) in [7, 11) is 0. The maximum atomic E-state index is 12.4. The van der Waals surface area contributed by atoms with Gasteiger partial charge in [-0.15, -0.1) is 0 Å². The third-order valence-electron chi connectivity index (χ3n) is 4.30. The number of nitrogens with one attached hydrogen (secondary N) is 3. The summed E-state index contributed by atoms with van der Waals surface area (Å²) in [6.45, 7) is 4.71. The molecule has 11 N–H and O–H groups in total. The fourth-order valence-electron chi connectivity index (χ4n) is 2.48. The summed E-state index contributed by atoms with van der Waals surface area (Å²) < 4.78 is 0. The van der Waals surface area contributed by atoms with Crippen molar-refractivity contribution < 1.29 is 34.2 Å². The maximum Gasteiger partial charge on any atom is 0.326 e. The molecule has 182 valence electrons. The van der Waals surface area contributed by atoms with Crippen molar-refractivity contribution >= 4 is 35.6 Å². The number of carboxylic acid groups (broad SMARTS) is 2. The van der Waals surface area contributed by atoms with Crippen LogP contribution in [0.5, 0.6) is 0 Å². The van der Waals surface area contributed by atoms with Crippen LogP contribution in [-0.4, -0.2) is 76.5 Å². The number of aliphatic carboxylic acids is 2. The highest BCUT2D eigenvalue weighted by Gasteiger charge is 2.31. The van der Waals surface area contributed by atoms with Crippen molar-refractivity contribution in [3.8, 4) is 0 Å². The summed E-state index contributed by atoms with van der Waals surface area (Å²) in [5, 5.41) is 25.0. The third kappa shape index (κ3) is 11.1. The highest BCUT2D eigenvalue weighted by atomic mass is 16.4. The van der Waals surface area contributed by atoms with Crippen LogP contribution in [0, 0.1) is 5.92 Å². The second-order valence-electron chi connectivity index (χ2n) is 7.51. The molecule has 0 fully saturated rings. The summed E-state index contributed by atoms with van der Waals surface area (Å²) in [6, 6.07) is -4.91. The van der Waals surface area contributed by atoms with Crippen LogP contribution in [0.2, 0.25) is 0 Å². The zero-order valence-corrected chi connectivity index (χ0v) is 18.3. The van der Waals surface area contributed by atoms with E-state index in [1.807, 2.05) is 0 Å². The average Bonchev–Trinajstić information content (AvgIpc) is 2.67. The van der Waals surface area contributed by atoms with Gasteiger partial charge in [0, 0.05) is 6.54 Å². The monoisotopic (exact) mass is 459 g/mol. The van der Waals surface area contributed by atoms with Crippen molar-refractivity contribution in [1.29, 1.82) is 0 Å². The highest BCUT2D eigenvalue weighted by Crippen LogP contribution is 2.04. The smallest absolute Gasteiger partial charge is 0.326 e. The molecule has 0 bridgehead atoms. The number of carbonyl (C=O) groups excluding carboxylic acids is 3. The quantitative estimate of drug-likeness (QED) is 0.0744. The molecule has 14 nitrogen and oxygen atoms in total. The molecular weight excluding hydrogens is 426 g/mol. The number of nitrogens with two attached hydrogens (primary N) is 3. The van der Waals surface area contributed by atoms with Crippen molar-refractivity contribution in [1.82, 2.24) is 16.0 Å². The molecule has 0 saturated carbocycles. The molecule has 3 amide bonds. The lowest BCUT2D eigenvalue weighted by atomic mass is 10.0. The van der Waals surface area contributed by atoms with E-state index in [1.165, 1.54) is 6.92 Å².